The van der Waals surface area contributed by atoms with Gasteiger partial charge in [-0.1, -0.05) is 36.4 Å². The molecule has 0 aliphatic heterocycles. The van der Waals surface area contributed by atoms with Gasteiger partial charge in [0.05, 0.1) is 5.92 Å². The molecule has 34 heavy (non-hydrogen) atoms. The van der Waals surface area contributed by atoms with Crippen molar-refractivity contribution in [2.24, 2.45) is 0 Å². The molecule has 0 saturated heterocycles. The van der Waals surface area contributed by atoms with E-state index in [0.29, 0.717) is 0 Å². The molecule has 0 N–H and O–H groups in total. The van der Waals surface area contributed by atoms with E-state index in [-0.39, 0.29) is 5.92 Å². The lowest BCUT2D eigenvalue weighted by Crippen LogP contribution is -2.08. The summed E-state index contributed by atoms with van der Waals surface area (Å²) in [5.74, 6) is 2.12. The molecule has 1 heterocycles. The van der Waals surface area contributed by atoms with Crippen LogP contribution < -0.4 is 0 Å². The lowest BCUT2D eigenvalue weighted by molar-refractivity contribution is 0.467. The minimum absolute atomic E-state index is 0.0770. The first-order valence-electron chi connectivity index (χ1n) is 12.4. The number of hydrogen-bond donors (Lipinski definition) is 0. The molecule has 0 bridgehead atoms. The van der Waals surface area contributed by atoms with Crippen LogP contribution in [0.5, 0.6) is 0 Å². The van der Waals surface area contributed by atoms with Crippen molar-refractivity contribution in [3.63, 3.8) is 0 Å². The van der Waals surface area contributed by atoms with Gasteiger partial charge in [0, 0.05) is 6.42 Å². The standard InChI is InChI=1S/C33H38O/c1-19-12-25(7)28(15-22(19)4)18-29-10-11-32(34-29)33(30-16-23(5)20(2)13-26(30)8)31-17-24(6)21(3)14-27(31)9/h10-17,33H,18H2,1-9H3. The van der Waals surface area contributed by atoms with E-state index in [9.17, 15) is 0 Å². The average molecular weight is 451 g/mol. The van der Waals surface area contributed by atoms with E-state index in [4.69, 9.17) is 4.42 Å². The van der Waals surface area contributed by atoms with Gasteiger partial charge in [-0.05, 0) is 141 Å². The van der Waals surface area contributed by atoms with Crippen LogP contribution in [0.3, 0.4) is 0 Å². The number of furan rings is 1. The van der Waals surface area contributed by atoms with Crippen molar-refractivity contribution in [1.29, 1.82) is 0 Å². The highest BCUT2D eigenvalue weighted by atomic mass is 16.3. The topological polar surface area (TPSA) is 13.1 Å². The molecule has 1 heteroatoms. The minimum atomic E-state index is 0.0770. The fraction of sp³-hybridized carbons (Fsp3) is 0.333. The fourth-order valence-corrected chi connectivity index (χ4v) is 5.10. The van der Waals surface area contributed by atoms with Crippen LogP contribution in [-0.4, -0.2) is 0 Å². The summed E-state index contributed by atoms with van der Waals surface area (Å²) in [6, 6.07) is 18.3. The Morgan fingerprint density at radius 2 is 0.941 bits per heavy atom. The molecule has 3 aromatic carbocycles. The first-order valence-corrected chi connectivity index (χ1v) is 12.4. The number of benzene rings is 3. The molecule has 4 rings (SSSR count). The van der Waals surface area contributed by atoms with Gasteiger partial charge in [-0.25, -0.2) is 0 Å². The molecule has 0 spiro atoms. The first kappa shape index (κ1) is 24.1. The molecule has 1 nitrogen and oxygen atoms in total. The van der Waals surface area contributed by atoms with Crippen LogP contribution in [-0.2, 0) is 6.42 Å². The van der Waals surface area contributed by atoms with Crippen LogP contribution in [0.25, 0.3) is 0 Å². The Hall–Kier alpha value is -3.06. The molecule has 1 aromatic heterocycles. The van der Waals surface area contributed by atoms with E-state index in [1.807, 2.05) is 0 Å². The Morgan fingerprint density at radius 1 is 0.500 bits per heavy atom. The molecule has 0 unspecified atom stereocenters. The van der Waals surface area contributed by atoms with Crippen molar-refractivity contribution >= 4 is 0 Å². The Kier molecular flexibility index (Phi) is 6.58. The molecule has 176 valence electrons. The van der Waals surface area contributed by atoms with Crippen LogP contribution in [0.15, 0.2) is 52.9 Å². The third-order valence-corrected chi connectivity index (χ3v) is 7.67. The summed E-state index contributed by atoms with van der Waals surface area (Å²) >= 11 is 0. The third kappa shape index (κ3) is 4.62. The first-order chi connectivity index (χ1) is 16.0. The lowest BCUT2D eigenvalue weighted by atomic mass is 9.82. The van der Waals surface area contributed by atoms with Crippen molar-refractivity contribution in [3.05, 3.63) is 127 Å². The second kappa shape index (κ2) is 9.29. The highest BCUT2D eigenvalue weighted by molar-refractivity contribution is 5.51. The number of aryl methyl sites for hydroxylation is 9. The quantitative estimate of drug-likeness (QED) is 0.296. The minimum Gasteiger partial charge on any atom is -0.465 e. The number of rotatable bonds is 5. The summed E-state index contributed by atoms with van der Waals surface area (Å²) in [4.78, 5) is 0. The SMILES string of the molecule is Cc1cc(C)c(Cc2ccc(C(c3cc(C)c(C)cc3C)c3cc(C)c(C)cc3C)o2)cc1C. The van der Waals surface area contributed by atoms with E-state index in [1.165, 1.54) is 66.8 Å². The molecule has 4 aromatic rings. The van der Waals surface area contributed by atoms with Crippen molar-refractivity contribution in [1.82, 2.24) is 0 Å². The fourth-order valence-electron chi connectivity index (χ4n) is 5.10. The zero-order valence-corrected chi connectivity index (χ0v) is 22.3. The van der Waals surface area contributed by atoms with Crippen LogP contribution in [0, 0.1) is 62.3 Å². The predicted molar refractivity (Wildman–Crippen MR) is 144 cm³/mol. The molecular formula is C33H38O. The lowest BCUT2D eigenvalue weighted by Gasteiger charge is -2.23. The molecule has 0 fully saturated rings. The van der Waals surface area contributed by atoms with Crippen molar-refractivity contribution in [2.45, 2.75) is 74.7 Å². The largest absolute Gasteiger partial charge is 0.465 e. The summed E-state index contributed by atoms with van der Waals surface area (Å²) in [6.07, 6.45) is 0.817. The van der Waals surface area contributed by atoms with E-state index < -0.39 is 0 Å². The molecule has 0 saturated carbocycles. The smallest absolute Gasteiger partial charge is 0.116 e. The maximum Gasteiger partial charge on any atom is 0.116 e. The van der Waals surface area contributed by atoms with Crippen molar-refractivity contribution in [2.75, 3.05) is 0 Å². The summed E-state index contributed by atoms with van der Waals surface area (Å²) in [7, 11) is 0. The van der Waals surface area contributed by atoms with Crippen LogP contribution in [0.4, 0.5) is 0 Å². The predicted octanol–water partition coefficient (Wildman–Crippen LogP) is 8.83. The zero-order chi connectivity index (χ0) is 24.7. The Labute approximate surface area is 205 Å². The average Bonchev–Trinajstić information content (AvgIpc) is 3.22. The Morgan fingerprint density at radius 3 is 1.47 bits per heavy atom. The van der Waals surface area contributed by atoms with Crippen LogP contribution in [0.1, 0.15) is 84.2 Å². The second-order valence-electron chi connectivity index (χ2n) is 10.4. The van der Waals surface area contributed by atoms with Gasteiger partial charge < -0.3 is 4.42 Å². The van der Waals surface area contributed by atoms with Gasteiger partial charge >= 0.3 is 0 Å². The summed E-state index contributed by atoms with van der Waals surface area (Å²) in [6.45, 7) is 19.8. The monoisotopic (exact) mass is 450 g/mol. The van der Waals surface area contributed by atoms with Crippen molar-refractivity contribution in [3.8, 4) is 0 Å². The van der Waals surface area contributed by atoms with E-state index in [2.05, 4.69) is 111 Å². The third-order valence-electron chi connectivity index (χ3n) is 7.67. The summed E-state index contributed by atoms with van der Waals surface area (Å²) in [5.41, 5.74) is 16.0. The normalized spacial score (nSPS) is 11.5. The van der Waals surface area contributed by atoms with Gasteiger partial charge in [0.15, 0.2) is 0 Å². The maximum atomic E-state index is 6.63. The highest BCUT2D eigenvalue weighted by Crippen LogP contribution is 2.38. The maximum absolute atomic E-state index is 6.63. The zero-order valence-electron chi connectivity index (χ0n) is 22.3. The van der Waals surface area contributed by atoms with E-state index in [1.54, 1.807) is 0 Å². The molecule has 0 aliphatic rings. The molecule has 0 aliphatic carbocycles. The molecular weight excluding hydrogens is 412 g/mol. The summed E-state index contributed by atoms with van der Waals surface area (Å²) < 4.78 is 6.63. The second-order valence-corrected chi connectivity index (χ2v) is 10.4. The van der Waals surface area contributed by atoms with Gasteiger partial charge in [0.2, 0.25) is 0 Å². The van der Waals surface area contributed by atoms with Gasteiger partial charge in [0.1, 0.15) is 11.5 Å². The van der Waals surface area contributed by atoms with Gasteiger partial charge in [-0.2, -0.15) is 0 Å². The van der Waals surface area contributed by atoms with Gasteiger partial charge in [-0.15, -0.1) is 0 Å². The Bertz CT molecular complexity index is 1310. The van der Waals surface area contributed by atoms with Crippen LogP contribution in [0.2, 0.25) is 0 Å². The van der Waals surface area contributed by atoms with Gasteiger partial charge in [-0.3, -0.25) is 0 Å². The molecule has 0 amide bonds. The van der Waals surface area contributed by atoms with Crippen molar-refractivity contribution < 1.29 is 4.42 Å². The van der Waals surface area contributed by atoms with E-state index >= 15 is 0 Å². The Balaban J connectivity index is 1.83. The molecule has 0 atom stereocenters. The molecule has 0 radical (unpaired) electrons. The summed E-state index contributed by atoms with van der Waals surface area (Å²) in [5, 5.41) is 0. The number of hydrogen-bond acceptors (Lipinski definition) is 1. The van der Waals surface area contributed by atoms with E-state index in [0.717, 1.165) is 17.9 Å². The van der Waals surface area contributed by atoms with Gasteiger partial charge in [0.25, 0.3) is 0 Å². The highest BCUT2D eigenvalue weighted by Gasteiger charge is 2.25. The van der Waals surface area contributed by atoms with Crippen LogP contribution >= 0.6 is 0 Å².